The summed E-state index contributed by atoms with van der Waals surface area (Å²) in [6, 6.07) is 1.31. The van der Waals surface area contributed by atoms with Crippen molar-refractivity contribution in [2.24, 2.45) is 0 Å². The van der Waals surface area contributed by atoms with Crippen LogP contribution in [-0.4, -0.2) is 36.7 Å². The van der Waals surface area contributed by atoms with Crippen LogP contribution in [0.4, 0.5) is 0 Å². The maximum absolute atomic E-state index is 5.48. The molecule has 2 unspecified atom stereocenters. The Bertz CT molecular complexity index is 200. The highest BCUT2D eigenvalue weighted by Gasteiger charge is 2.36. The molecule has 2 aliphatic rings. The van der Waals surface area contributed by atoms with Crippen molar-refractivity contribution >= 4 is 0 Å². The topological polar surface area (TPSA) is 12.5 Å². The Morgan fingerprint density at radius 2 is 2.00 bits per heavy atom. The second-order valence-corrected chi connectivity index (χ2v) is 3.52. The molecule has 0 spiro atoms. The third-order valence-electron chi connectivity index (χ3n) is 2.83. The Morgan fingerprint density at radius 3 is 2.58 bits per heavy atom. The molecule has 0 aromatic carbocycles. The smallest absolute Gasteiger partial charge is 0.0623 e. The van der Waals surface area contributed by atoms with Gasteiger partial charge < -0.3 is 4.74 Å². The highest BCUT2D eigenvalue weighted by Crippen LogP contribution is 2.27. The largest absolute Gasteiger partial charge is 0.378 e. The molecular weight excluding hydrogens is 150 g/mol. The molecule has 0 saturated carbocycles. The monoisotopic (exact) mass is 165 g/mol. The van der Waals surface area contributed by atoms with E-state index in [1.54, 1.807) is 0 Å². The van der Waals surface area contributed by atoms with Crippen LogP contribution in [-0.2, 0) is 4.74 Å². The van der Waals surface area contributed by atoms with E-state index in [4.69, 9.17) is 4.74 Å². The molecule has 66 valence electrons. The zero-order valence-electron chi connectivity index (χ0n) is 7.55. The van der Waals surface area contributed by atoms with E-state index in [9.17, 15) is 0 Å². The van der Waals surface area contributed by atoms with Crippen molar-refractivity contribution < 1.29 is 4.74 Å². The number of rotatable bonds is 1. The lowest BCUT2D eigenvalue weighted by Crippen LogP contribution is -2.45. The number of ether oxygens (including phenoxy) is 1. The van der Waals surface area contributed by atoms with Crippen LogP contribution in [0.5, 0.6) is 0 Å². The van der Waals surface area contributed by atoms with Gasteiger partial charge in [-0.1, -0.05) is 5.92 Å². The average Bonchev–Trinajstić information content (AvgIpc) is 2.36. The molecule has 2 heteroatoms. The number of hydrogen-bond acceptors (Lipinski definition) is 2. The van der Waals surface area contributed by atoms with E-state index < -0.39 is 0 Å². The summed E-state index contributed by atoms with van der Waals surface area (Å²) >= 11 is 0. The minimum absolute atomic E-state index is 0.657. The molecule has 0 amide bonds. The molecule has 0 radical (unpaired) electrons. The Labute approximate surface area is 73.9 Å². The SMILES string of the molecule is CC#CCN1C2CCC1COC2. The lowest BCUT2D eigenvalue weighted by molar-refractivity contribution is -0.00743. The lowest BCUT2D eigenvalue weighted by atomic mass is 10.2. The number of nitrogens with zero attached hydrogens (tertiary/aromatic N) is 1. The van der Waals surface area contributed by atoms with Crippen molar-refractivity contribution in [2.45, 2.75) is 31.8 Å². The number of hydrogen-bond donors (Lipinski definition) is 0. The van der Waals surface area contributed by atoms with E-state index in [1.165, 1.54) is 12.8 Å². The van der Waals surface area contributed by atoms with Gasteiger partial charge in [-0.15, -0.1) is 5.92 Å². The Hall–Kier alpha value is -0.520. The van der Waals surface area contributed by atoms with Crippen LogP contribution in [0.3, 0.4) is 0 Å². The Kier molecular flexibility index (Phi) is 2.34. The van der Waals surface area contributed by atoms with E-state index in [0.717, 1.165) is 19.8 Å². The molecular formula is C10H15NO. The van der Waals surface area contributed by atoms with Crippen LogP contribution in [0.1, 0.15) is 19.8 Å². The summed E-state index contributed by atoms with van der Waals surface area (Å²) in [5, 5.41) is 0. The van der Waals surface area contributed by atoms with Gasteiger partial charge in [0.15, 0.2) is 0 Å². The van der Waals surface area contributed by atoms with Gasteiger partial charge in [-0.2, -0.15) is 0 Å². The van der Waals surface area contributed by atoms with Crippen molar-refractivity contribution in [3.05, 3.63) is 0 Å². The molecule has 2 fully saturated rings. The third-order valence-corrected chi connectivity index (χ3v) is 2.83. The molecule has 0 aliphatic carbocycles. The maximum Gasteiger partial charge on any atom is 0.0623 e. The van der Waals surface area contributed by atoms with Crippen LogP contribution < -0.4 is 0 Å². The third kappa shape index (κ3) is 1.35. The number of morpholine rings is 1. The van der Waals surface area contributed by atoms with Crippen molar-refractivity contribution in [3.8, 4) is 11.8 Å². The lowest BCUT2D eigenvalue weighted by Gasteiger charge is -2.32. The highest BCUT2D eigenvalue weighted by molar-refractivity contribution is 5.02. The molecule has 2 rings (SSSR count). The first-order valence-electron chi connectivity index (χ1n) is 4.65. The van der Waals surface area contributed by atoms with Crippen molar-refractivity contribution in [1.82, 2.24) is 4.90 Å². The van der Waals surface area contributed by atoms with Gasteiger partial charge in [-0.25, -0.2) is 0 Å². The standard InChI is InChI=1S/C10H15NO/c1-2-3-6-11-9-4-5-10(11)8-12-7-9/h9-10H,4-8H2,1H3. The van der Waals surface area contributed by atoms with Gasteiger partial charge in [-0.3, -0.25) is 4.90 Å². The van der Waals surface area contributed by atoms with Crippen LogP contribution >= 0.6 is 0 Å². The molecule has 2 saturated heterocycles. The van der Waals surface area contributed by atoms with E-state index in [0.29, 0.717) is 12.1 Å². The second-order valence-electron chi connectivity index (χ2n) is 3.52. The molecule has 0 N–H and O–H groups in total. The van der Waals surface area contributed by atoms with Crippen molar-refractivity contribution in [1.29, 1.82) is 0 Å². The molecule has 2 aliphatic heterocycles. The number of fused-ring (bicyclic) bond motifs is 2. The molecule has 2 bridgehead atoms. The maximum atomic E-state index is 5.48. The highest BCUT2D eigenvalue weighted by atomic mass is 16.5. The zero-order valence-corrected chi connectivity index (χ0v) is 7.55. The molecule has 12 heavy (non-hydrogen) atoms. The first kappa shape index (κ1) is 8.10. The second kappa shape index (κ2) is 3.47. The summed E-state index contributed by atoms with van der Waals surface area (Å²) in [7, 11) is 0. The first-order valence-corrected chi connectivity index (χ1v) is 4.65. The van der Waals surface area contributed by atoms with Gasteiger partial charge in [0.1, 0.15) is 0 Å². The van der Waals surface area contributed by atoms with Crippen molar-refractivity contribution in [3.63, 3.8) is 0 Å². The van der Waals surface area contributed by atoms with E-state index in [2.05, 4.69) is 16.7 Å². The quantitative estimate of drug-likeness (QED) is 0.535. The molecule has 0 aromatic heterocycles. The minimum atomic E-state index is 0.657. The van der Waals surface area contributed by atoms with Gasteiger partial charge in [0.2, 0.25) is 0 Å². The molecule has 2 atom stereocenters. The van der Waals surface area contributed by atoms with E-state index in [1.807, 2.05) is 6.92 Å². The Balaban J connectivity index is 1.99. The normalized spacial score (nSPS) is 34.4. The zero-order chi connectivity index (χ0) is 8.39. The van der Waals surface area contributed by atoms with Crippen LogP contribution in [0, 0.1) is 11.8 Å². The van der Waals surface area contributed by atoms with Gasteiger partial charge in [0.05, 0.1) is 19.8 Å². The average molecular weight is 165 g/mol. The van der Waals surface area contributed by atoms with Crippen LogP contribution in [0.2, 0.25) is 0 Å². The van der Waals surface area contributed by atoms with Crippen molar-refractivity contribution in [2.75, 3.05) is 19.8 Å². The molecule has 2 heterocycles. The first-order chi connectivity index (χ1) is 5.92. The summed E-state index contributed by atoms with van der Waals surface area (Å²) in [6.07, 6.45) is 2.60. The van der Waals surface area contributed by atoms with Crippen LogP contribution in [0.15, 0.2) is 0 Å². The predicted molar refractivity (Wildman–Crippen MR) is 47.8 cm³/mol. The van der Waals surface area contributed by atoms with Crippen LogP contribution in [0.25, 0.3) is 0 Å². The van der Waals surface area contributed by atoms with Gasteiger partial charge in [-0.05, 0) is 19.8 Å². The summed E-state index contributed by atoms with van der Waals surface area (Å²) in [5.41, 5.74) is 0. The Morgan fingerprint density at radius 1 is 1.33 bits per heavy atom. The fourth-order valence-corrected chi connectivity index (χ4v) is 2.14. The van der Waals surface area contributed by atoms with Gasteiger partial charge >= 0.3 is 0 Å². The van der Waals surface area contributed by atoms with Gasteiger partial charge in [0.25, 0.3) is 0 Å². The van der Waals surface area contributed by atoms with Gasteiger partial charge in [0, 0.05) is 12.1 Å². The summed E-state index contributed by atoms with van der Waals surface area (Å²) in [6.45, 7) is 4.68. The fraction of sp³-hybridized carbons (Fsp3) is 0.800. The summed E-state index contributed by atoms with van der Waals surface area (Å²) < 4.78 is 5.48. The summed E-state index contributed by atoms with van der Waals surface area (Å²) in [5.74, 6) is 6.09. The minimum Gasteiger partial charge on any atom is -0.378 e. The van der Waals surface area contributed by atoms with E-state index in [-0.39, 0.29) is 0 Å². The molecule has 2 nitrogen and oxygen atoms in total. The fourth-order valence-electron chi connectivity index (χ4n) is 2.14. The van der Waals surface area contributed by atoms with E-state index >= 15 is 0 Å². The summed E-state index contributed by atoms with van der Waals surface area (Å²) in [4.78, 5) is 2.50. The predicted octanol–water partition coefficient (Wildman–Crippen LogP) is 0.873. The molecule has 0 aromatic rings.